The van der Waals surface area contributed by atoms with Crippen LogP contribution in [0, 0.1) is 13.8 Å². The second kappa shape index (κ2) is 8.68. The highest BCUT2D eigenvalue weighted by Crippen LogP contribution is 2.34. The van der Waals surface area contributed by atoms with Crippen LogP contribution >= 0.6 is 35.0 Å². The van der Waals surface area contributed by atoms with Gasteiger partial charge in [-0.2, -0.15) is 0 Å². The maximum absolute atomic E-state index is 12.4. The minimum atomic E-state index is -0.140. The summed E-state index contributed by atoms with van der Waals surface area (Å²) in [5.74, 6) is 0.128. The molecule has 0 saturated heterocycles. The maximum Gasteiger partial charge on any atom is 0.234 e. The van der Waals surface area contributed by atoms with Crippen LogP contribution in [-0.2, 0) is 4.79 Å². The highest BCUT2D eigenvalue weighted by atomic mass is 35.5. The smallest absolute Gasteiger partial charge is 0.234 e. The van der Waals surface area contributed by atoms with Gasteiger partial charge in [-0.25, -0.2) is 4.98 Å². The van der Waals surface area contributed by atoms with E-state index in [0.717, 1.165) is 10.9 Å². The van der Waals surface area contributed by atoms with E-state index in [4.69, 9.17) is 28.2 Å². The number of nitrogens with zero attached hydrogens (tertiary/aromatic N) is 2. The summed E-state index contributed by atoms with van der Waals surface area (Å²) in [5, 5.41) is 4.60. The third-order valence-corrected chi connectivity index (χ3v) is 6.44. The van der Waals surface area contributed by atoms with Crippen LogP contribution in [0.25, 0.3) is 0 Å². The Morgan fingerprint density at radius 2 is 1.88 bits per heavy atom. The maximum atomic E-state index is 12.4. The van der Waals surface area contributed by atoms with Crippen LogP contribution < -0.4 is 5.32 Å². The molecule has 3 rings (SSSR count). The van der Waals surface area contributed by atoms with Gasteiger partial charge in [0.15, 0.2) is 5.16 Å². The van der Waals surface area contributed by atoms with E-state index in [0.29, 0.717) is 21.8 Å². The van der Waals surface area contributed by atoms with Crippen LogP contribution in [0.5, 0.6) is 0 Å². The first-order chi connectivity index (χ1) is 12.5. The Kier molecular flexibility index (Phi) is 6.54. The lowest BCUT2D eigenvalue weighted by Gasteiger charge is -2.26. The van der Waals surface area contributed by atoms with Crippen LogP contribution in [0.15, 0.2) is 23.4 Å². The van der Waals surface area contributed by atoms with E-state index in [1.54, 1.807) is 18.2 Å². The van der Waals surface area contributed by atoms with Crippen molar-refractivity contribution < 1.29 is 4.79 Å². The number of halogens is 2. The lowest BCUT2D eigenvalue weighted by Crippen LogP contribution is -2.17. The number of para-hydroxylation sites is 1. The van der Waals surface area contributed by atoms with Crippen molar-refractivity contribution in [3.05, 3.63) is 39.6 Å². The number of anilines is 1. The predicted octanol–water partition coefficient (Wildman–Crippen LogP) is 6.04. The minimum Gasteiger partial charge on any atom is -0.323 e. The van der Waals surface area contributed by atoms with Crippen molar-refractivity contribution in [1.29, 1.82) is 0 Å². The second-order valence-corrected chi connectivity index (χ2v) is 8.42. The number of amides is 1. The van der Waals surface area contributed by atoms with Crippen LogP contribution in [0.1, 0.15) is 49.5 Å². The molecule has 0 atom stereocenters. The first kappa shape index (κ1) is 19.6. The Hall–Kier alpha value is -1.17. The molecular weight excluding hydrogens is 389 g/mol. The fourth-order valence-corrected chi connectivity index (χ4v) is 4.84. The summed E-state index contributed by atoms with van der Waals surface area (Å²) in [6.07, 6.45) is 6.21. The molecule has 0 spiro atoms. The van der Waals surface area contributed by atoms with Crippen molar-refractivity contribution in [1.82, 2.24) is 9.55 Å². The van der Waals surface area contributed by atoms with Gasteiger partial charge in [0, 0.05) is 11.7 Å². The first-order valence-corrected chi connectivity index (χ1v) is 10.6. The molecule has 0 bridgehead atoms. The standard InChI is InChI=1S/C19H23Cl2N3OS/c1-12-13(2)24(14-7-4-3-5-8-14)19(22-12)26-11-17(25)23-18-15(20)9-6-10-16(18)21/h6,9-10,14H,3-5,7-8,11H2,1-2H3,(H,23,25). The lowest BCUT2D eigenvalue weighted by atomic mass is 9.95. The largest absolute Gasteiger partial charge is 0.323 e. The number of aryl methyl sites for hydroxylation is 1. The van der Waals surface area contributed by atoms with Gasteiger partial charge in [0.05, 0.1) is 27.2 Å². The number of nitrogens with one attached hydrogen (secondary N) is 1. The van der Waals surface area contributed by atoms with E-state index in [9.17, 15) is 4.79 Å². The molecule has 1 saturated carbocycles. The molecule has 2 aromatic rings. The van der Waals surface area contributed by atoms with Crippen molar-refractivity contribution in [2.75, 3.05) is 11.1 Å². The second-order valence-electron chi connectivity index (χ2n) is 6.66. The van der Waals surface area contributed by atoms with Crippen molar-refractivity contribution in [2.45, 2.75) is 57.1 Å². The summed E-state index contributed by atoms with van der Waals surface area (Å²) in [5.41, 5.74) is 2.70. The third-order valence-electron chi connectivity index (χ3n) is 4.85. The number of thioether (sulfide) groups is 1. The lowest BCUT2D eigenvalue weighted by molar-refractivity contribution is -0.113. The number of imidazole rings is 1. The molecule has 1 aliphatic rings. The summed E-state index contributed by atoms with van der Waals surface area (Å²) >= 11 is 13.7. The molecule has 4 nitrogen and oxygen atoms in total. The van der Waals surface area contributed by atoms with Crippen molar-refractivity contribution in [2.24, 2.45) is 0 Å². The van der Waals surface area contributed by atoms with Gasteiger partial charge in [-0.15, -0.1) is 0 Å². The topological polar surface area (TPSA) is 46.9 Å². The van der Waals surface area contributed by atoms with E-state index in [1.807, 2.05) is 6.92 Å². The molecule has 26 heavy (non-hydrogen) atoms. The van der Waals surface area contributed by atoms with Crippen molar-refractivity contribution in [3.8, 4) is 0 Å². The van der Waals surface area contributed by atoms with Gasteiger partial charge in [-0.05, 0) is 38.8 Å². The summed E-state index contributed by atoms with van der Waals surface area (Å²) in [7, 11) is 0. The molecular formula is C19H23Cl2N3OS. The molecule has 1 amide bonds. The number of rotatable bonds is 5. The molecule has 0 radical (unpaired) electrons. The zero-order valence-electron chi connectivity index (χ0n) is 15.0. The van der Waals surface area contributed by atoms with Crippen molar-refractivity contribution in [3.63, 3.8) is 0 Å². The Bertz CT molecular complexity index is 780. The quantitative estimate of drug-likeness (QED) is 0.609. The van der Waals surface area contributed by atoms with E-state index in [-0.39, 0.29) is 11.7 Å². The van der Waals surface area contributed by atoms with Gasteiger partial charge in [0.1, 0.15) is 0 Å². The SMILES string of the molecule is Cc1nc(SCC(=O)Nc2c(Cl)cccc2Cl)n(C2CCCCC2)c1C. The first-order valence-electron chi connectivity index (χ1n) is 8.89. The highest BCUT2D eigenvalue weighted by Gasteiger charge is 2.22. The number of hydrogen-bond donors (Lipinski definition) is 1. The number of carbonyl (C=O) groups is 1. The summed E-state index contributed by atoms with van der Waals surface area (Å²) in [4.78, 5) is 17.1. The number of hydrogen-bond acceptors (Lipinski definition) is 3. The normalized spacial score (nSPS) is 15.2. The Labute approximate surface area is 168 Å². The summed E-state index contributed by atoms with van der Waals surface area (Å²) < 4.78 is 2.33. The van der Waals surface area contributed by atoms with Gasteiger partial charge in [0.2, 0.25) is 5.91 Å². The molecule has 1 fully saturated rings. The fraction of sp³-hybridized carbons (Fsp3) is 0.474. The minimum absolute atomic E-state index is 0.140. The fourth-order valence-electron chi connectivity index (χ4n) is 3.39. The number of aromatic nitrogens is 2. The average molecular weight is 412 g/mol. The zero-order chi connectivity index (χ0) is 18.7. The van der Waals surface area contributed by atoms with Crippen LogP contribution in [-0.4, -0.2) is 21.2 Å². The molecule has 1 heterocycles. The Balaban J connectivity index is 1.69. The zero-order valence-corrected chi connectivity index (χ0v) is 17.3. The van der Waals surface area contributed by atoms with Crippen molar-refractivity contribution >= 4 is 46.6 Å². The monoisotopic (exact) mass is 411 g/mol. The third kappa shape index (κ3) is 4.38. The van der Waals surface area contributed by atoms with Gasteiger partial charge in [-0.1, -0.05) is 60.3 Å². The Morgan fingerprint density at radius 3 is 2.54 bits per heavy atom. The van der Waals surface area contributed by atoms with Gasteiger partial charge < -0.3 is 9.88 Å². The molecule has 1 aromatic heterocycles. The van der Waals surface area contributed by atoms with Gasteiger partial charge in [0.25, 0.3) is 0 Å². The van der Waals surface area contributed by atoms with E-state index in [1.165, 1.54) is 49.6 Å². The Morgan fingerprint density at radius 1 is 1.23 bits per heavy atom. The molecule has 0 aliphatic heterocycles. The highest BCUT2D eigenvalue weighted by molar-refractivity contribution is 7.99. The predicted molar refractivity (Wildman–Crippen MR) is 110 cm³/mol. The molecule has 1 N–H and O–H groups in total. The van der Waals surface area contributed by atoms with Crippen LogP contribution in [0.3, 0.4) is 0 Å². The summed E-state index contributed by atoms with van der Waals surface area (Å²) in [6.45, 7) is 4.15. The summed E-state index contributed by atoms with van der Waals surface area (Å²) in [6, 6.07) is 5.66. The molecule has 1 aromatic carbocycles. The number of benzene rings is 1. The molecule has 140 valence electrons. The molecule has 0 unspecified atom stereocenters. The van der Waals surface area contributed by atoms with Gasteiger partial charge in [-0.3, -0.25) is 4.79 Å². The molecule has 1 aliphatic carbocycles. The van der Waals surface area contributed by atoms with Crippen LogP contribution in [0.2, 0.25) is 10.0 Å². The average Bonchev–Trinajstić information content (AvgIpc) is 2.91. The van der Waals surface area contributed by atoms with E-state index < -0.39 is 0 Å². The van der Waals surface area contributed by atoms with Crippen LogP contribution in [0.4, 0.5) is 5.69 Å². The van der Waals surface area contributed by atoms with E-state index in [2.05, 4.69) is 16.8 Å². The van der Waals surface area contributed by atoms with E-state index >= 15 is 0 Å². The molecule has 7 heteroatoms. The number of carbonyl (C=O) groups excluding carboxylic acids is 1. The van der Waals surface area contributed by atoms with Gasteiger partial charge >= 0.3 is 0 Å².